The lowest BCUT2D eigenvalue weighted by atomic mass is 10.2. The Labute approximate surface area is 157 Å². The summed E-state index contributed by atoms with van der Waals surface area (Å²) in [4.78, 5) is 38.1. The third-order valence-electron chi connectivity index (χ3n) is 3.60. The first-order valence-corrected chi connectivity index (χ1v) is 8.08. The molecule has 0 aliphatic heterocycles. The number of hydrazone groups is 1. The highest BCUT2D eigenvalue weighted by Crippen LogP contribution is 2.17. The number of rotatable bonds is 4. The maximum Gasteiger partial charge on any atom is 0.335 e. The van der Waals surface area contributed by atoms with Gasteiger partial charge in [-0.05, 0) is 36.4 Å². The molecule has 136 valence electrons. The van der Waals surface area contributed by atoms with E-state index in [0.29, 0.717) is 16.3 Å². The standard InChI is InChI=1S/C18H13ClN4O4/c19-12-6-8-13(9-7-12)23-17(26)14(16(25)21-18(23)27)10-20-22-15(24)11-4-2-1-3-5-11/h1-10,26H,(H,22,24)(H,21,25,27)/b20-10-. The van der Waals surface area contributed by atoms with Crippen LogP contribution in [0.4, 0.5) is 0 Å². The van der Waals surface area contributed by atoms with E-state index in [9.17, 15) is 19.5 Å². The van der Waals surface area contributed by atoms with Crippen LogP contribution in [0.25, 0.3) is 5.69 Å². The molecule has 0 fully saturated rings. The summed E-state index contributed by atoms with van der Waals surface area (Å²) in [5.74, 6) is -1.11. The van der Waals surface area contributed by atoms with Crippen molar-refractivity contribution in [2.45, 2.75) is 0 Å². The van der Waals surface area contributed by atoms with Crippen LogP contribution in [0.15, 0.2) is 69.3 Å². The second-order valence-corrected chi connectivity index (χ2v) is 5.81. The third kappa shape index (κ3) is 3.96. The van der Waals surface area contributed by atoms with Gasteiger partial charge in [-0.25, -0.2) is 14.8 Å². The SMILES string of the molecule is O=C(N/N=C\c1c(O)n(-c2ccc(Cl)cc2)c(=O)[nH]c1=O)c1ccccc1. The van der Waals surface area contributed by atoms with Gasteiger partial charge in [0, 0.05) is 10.6 Å². The Bertz CT molecular complexity index is 1120. The normalized spacial score (nSPS) is 10.9. The molecule has 0 unspecified atom stereocenters. The smallest absolute Gasteiger partial charge is 0.335 e. The maximum atomic E-state index is 12.1. The van der Waals surface area contributed by atoms with Gasteiger partial charge in [-0.3, -0.25) is 14.6 Å². The van der Waals surface area contributed by atoms with Gasteiger partial charge in [-0.1, -0.05) is 29.8 Å². The van der Waals surface area contributed by atoms with Crippen molar-refractivity contribution in [1.82, 2.24) is 15.0 Å². The highest BCUT2D eigenvalue weighted by molar-refractivity contribution is 6.30. The van der Waals surface area contributed by atoms with E-state index in [2.05, 4.69) is 15.5 Å². The number of amides is 1. The van der Waals surface area contributed by atoms with E-state index >= 15 is 0 Å². The van der Waals surface area contributed by atoms with Crippen LogP contribution in [0.2, 0.25) is 5.02 Å². The zero-order chi connectivity index (χ0) is 19.4. The van der Waals surface area contributed by atoms with Gasteiger partial charge >= 0.3 is 5.69 Å². The lowest BCUT2D eigenvalue weighted by molar-refractivity contribution is 0.0955. The molecular formula is C18H13ClN4O4. The summed E-state index contributed by atoms with van der Waals surface area (Å²) < 4.78 is 0.887. The summed E-state index contributed by atoms with van der Waals surface area (Å²) in [5, 5.41) is 14.5. The van der Waals surface area contributed by atoms with E-state index < -0.39 is 23.0 Å². The molecule has 1 amide bonds. The van der Waals surface area contributed by atoms with E-state index in [1.165, 1.54) is 24.3 Å². The van der Waals surface area contributed by atoms with Crippen LogP contribution in [0, 0.1) is 0 Å². The van der Waals surface area contributed by atoms with Gasteiger partial charge in [-0.2, -0.15) is 5.10 Å². The van der Waals surface area contributed by atoms with Crippen molar-refractivity contribution in [3.8, 4) is 11.6 Å². The van der Waals surface area contributed by atoms with Gasteiger partial charge in [0.15, 0.2) is 0 Å². The molecule has 1 aromatic heterocycles. The van der Waals surface area contributed by atoms with Crippen molar-refractivity contribution < 1.29 is 9.90 Å². The number of aromatic hydroxyl groups is 1. The molecule has 3 N–H and O–H groups in total. The zero-order valence-electron chi connectivity index (χ0n) is 13.7. The molecule has 27 heavy (non-hydrogen) atoms. The molecule has 0 saturated heterocycles. The molecule has 8 nitrogen and oxygen atoms in total. The molecule has 0 aliphatic carbocycles. The summed E-state index contributed by atoms with van der Waals surface area (Å²) in [7, 11) is 0. The fraction of sp³-hybridized carbons (Fsp3) is 0. The Balaban J connectivity index is 1.93. The molecule has 0 radical (unpaired) electrons. The zero-order valence-corrected chi connectivity index (χ0v) is 14.5. The Morgan fingerprint density at radius 2 is 1.78 bits per heavy atom. The lowest BCUT2D eigenvalue weighted by Crippen LogP contribution is -2.31. The lowest BCUT2D eigenvalue weighted by Gasteiger charge is -2.09. The van der Waals surface area contributed by atoms with E-state index in [-0.39, 0.29) is 5.56 Å². The minimum absolute atomic E-state index is 0.293. The van der Waals surface area contributed by atoms with Gasteiger partial charge in [0.25, 0.3) is 11.5 Å². The van der Waals surface area contributed by atoms with Crippen molar-refractivity contribution in [1.29, 1.82) is 0 Å². The number of hydrogen-bond donors (Lipinski definition) is 3. The summed E-state index contributed by atoms with van der Waals surface area (Å²) >= 11 is 5.81. The van der Waals surface area contributed by atoms with Gasteiger partial charge in [0.05, 0.1) is 11.9 Å². The Morgan fingerprint density at radius 1 is 1.11 bits per heavy atom. The molecule has 3 rings (SSSR count). The third-order valence-corrected chi connectivity index (χ3v) is 3.85. The summed E-state index contributed by atoms with van der Waals surface area (Å²) in [6, 6.07) is 14.4. The number of aromatic amines is 1. The number of nitrogens with zero attached hydrogens (tertiary/aromatic N) is 2. The van der Waals surface area contributed by atoms with Crippen molar-refractivity contribution in [3.05, 3.63) is 91.6 Å². The minimum atomic E-state index is -0.847. The van der Waals surface area contributed by atoms with E-state index in [4.69, 9.17) is 11.6 Å². The first-order valence-electron chi connectivity index (χ1n) is 7.70. The first kappa shape index (κ1) is 18.2. The largest absolute Gasteiger partial charge is 0.493 e. The van der Waals surface area contributed by atoms with Crippen LogP contribution in [0.5, 0.6) is 5.88 Å². The van der Waals surface area contributed by atoms with Gasteiger partial charge in [-0.15, -0.1) is 0 Å². The molecule has 0 spiro atoms. The van der Waals surface area contributed by atoms with E-state index in [1.54, 1.807) is 30.3 Å². The molecule has 0 aliphatic rings. The molecule has 9 heteroatoms. The summed E-state index contributed by atoms with van der Waals surface area (Å²) in [5.41, 5.74) is 0.943. The van der Waals surface area contributed by atoms with Crippen LogP contribution < -0.4 is 16.7 Å². The molecule has 2 aromatic carbocycles. The fourth-order valence-corrected chi connectivity index (χ4v) is 2.42. The Hall–Kier alpha value is -3.65. The second kappa shape index (κ2) is 7.71. The van der Waals surface area contributed by atoms with Crippen LogP contribution in [0.3, 0.4) is 0 Å². The number of nitrogens with one attached hydrogen (secondary N) is 2. The highest BCUT2D eigenvalue weighted by Gasteiger charge is 2.14. The van der Waals surface area contributed by atoms with Gasteiger partial charge in [0.2, 0.25) is 5.88 Å². The topological polar surface area (TPSA) is 117 Å². The Kier molecular flexibility index (Phi) is 5.18. The maximum absolute atomic E-state index is 12.1. The van der Waals surface area contributed by atoms with Crippen molar-refractivity contribution in [2.24, 2.45) is 5.10 Å². The monoisotopic (exact) mass is 384 g/mol. The van der Waals surface area contributed by atoms with E-state index in [0.717, 1.165) is 10.8 Å². The predicted octanol–water partition coefficient (Wildman–Crippen LogP) is 1.65. The number of H-pyrrole nitrogens is 1. The average Bonchev–Trinajstić information content (AvgIpc) is 2.66. The van der Waals surface area contributed by atoms with Crippen molar-refractivity contribution >= 4 is 23.7 Å². The van der Waals surface area contributed by atoms with Crippen molar-refractivity contribution in [2.75, 3.05) is 0 Å². The fourth-order valence-electron chi connectivity index (χ4n) is 2.29. The van der Waals surface area contributed by atoms with Crippen LogP contribution in [-0.2, 0) is 0 Å². The van der Waals surface area contributed by atoms with E-state index in [1.807, 2.05) is 0 Å². The summed E-state index contributed by atoms with van der Waals surface area (Å²) in [6.07, 6.45) is 0.959. The second-order valence-electron chi connectivity index (χ2n) is 5.37. The van der Waals surface area contributed by atoms with Crippen LogP contribution in [0.1, 0.15) is 15.9 Å². The van der Waals surface area contributed by atoms with Gasteiger partial charge in [0.1, 0.15) is 5.56 Å². The minimum Gasteiger partial charge on any atom is -0.493 e. The number of carbonyl (C=O) groups excluding carboxylic acids is 1. The average molecular weight is 385 g/mol. The van der Waals surface area contributed by atoms with Crippen LogP contribution in [-0.4, -0.2) is 26.8 Å². The predicted molar refractivity (Wildman–Crippen MR) is 101 cm³/mol. The highest BCUT2D eigenvalue weighted by atomic mass is 35.5. The summed E-state index contributed by atoms with van der Waals surface area (Å²) in [6.45, 7) is 0. The van der Waals surface area contributed by atoms with Gasteiger partial charge < -0.3 is 5.11 Å². The molecule has 0 bridgehead atoms. The molecule has 0 atom stereocenters. The number of halogens is 1. The quantitative estimate of drug-likeness (QED) is 0.468. The number of carbonyl (C=O) groups is 1. The molecule has 0 saturated carbocycles. The number of hydrogen-bond acceptors (Lipinski definition) is 5. The number of benzene rings is 2. The molecule has 1 heterocycles. The van der Waals surface area contributed by atoms with Crippen LogP contribution >= 0.6 is 11.6 Å². The van der Waals surface area contributed by atoms with Crippen molar-refractivity contribution in [3.63, 3.8) is 0 Å². The number of aromatic nitrogens is 2. The molecular weight excluding hydrogens is 372 g/mol. The Morgan fingerprint density at radius 3 is 2.44 bits per heavy atom. The first-order chi connectivity index (χ1) is 13.0. The molecule has 3 aromatic rings.